The van der Waals surface area contributed by atoms with Gasteiger partial charge in [-0.05, 0) is 45.6 Å². The molecule has 0 aliphatic rings. The molecule has 0 aliphatic heterocycles. The third-order valence-corrected chi connectivity index (χ3v) is 4.31. The SMILES string of the molecule is O=C(Nc1sccc1C(=O)O)c1cc(Br)ccc1Br. The molecule has 0 bridgehead atoms. The van der Waals surface area contributed by atoms with Crippen LogP contribution in [0.4, 0.5) is 5.00 Å². The van der Waals surface area contributed by atoms with E-state index in [1.807, 2.05) is 0 Å². The fraction of sp³-hybridized carbons (Fsp3) is 0. The van der Waals surface area contributed by atoms with Crippen LogP contribution in [0.5, 0.6) is 0 Å². The van der Waals surface area contributed by atoms with Gasteiger partial charge in [0.15, 0.2) is 0 Å². The molecule has 0 fully saturated rings. The van der Waals surface area contributed by atoms with Crippen molar-refractivity contribution in [2.75, 3.05) is 5.32 Å². The molecule has 0 radical (unpaired) electrons. The van der Waals surface area contributed by atoms with E-state index < -0.39 is 5.97 Å². The minimum atomic E-state index is -1.06. The highest BCUT2D eigenvalue weighted by Crippen LogP contribution is 2.26. The highest BCUT2D eigenvalue weighted by Gasteiger charge is 2.16. The van der Waals surface area contributed by atoms with Crippen LogP contribution in [0.25, 0.3) is 0 Å². The molecule has 7 heteroatoms. The fourth-order valence-electron chi connectivity index (χ4n) is 1.42. The average Bonchev–Trinajstić information content (AvgIpc) is 2.80. The maximum absolute atomic E-state index is 12.1. The summed E-state index contributed by atoms with van der Waals surface area (Å²) < 4.78 is 1.41. The van der Waals surface area contributed by atoms with Crippen LogP contribution in [0, 0.1) is 0 Å². The van der Waals surface area contributed by atoms with E-state index in [9.17, 15) is 9.59 Å². The molecule has 1 heterocycles. The molecular weight excluding hydrogens is 398 g/mol. The van der Waals surface area contributed by atoms with Gasteiger partial charge in [0.25, 0.3) is 5.91 Å². The summed E-state index contributed by atoms with van der Waals surface area (Å²) in [4.78, 5) is 23.1. The minimum Gasteiger partial charge on any atom is -0.478 e. The quantitative estimate of drug-likeness (QED) is 0.804. The third kappa shape index (κ3) is 3.23. The zero-order chi connectivity index (χ0) is 14.0. The number of hydrogen-bond donors (Lipinski definition) is 2. The van der Waals surface area contributed by atoms with E-state index in [0.29, 0.717) is 15.0 Å². The Morgan fingerprint density at radius 2 is 1.89 bits per heavy atom. The van der Waals surface area contributed by atoms with E-state index in [-0.39, 0.29) is 11.5 Å². The summed E-state index contributed by atoms with van der Waals surface area (Å²) in [7, 11) is 0. The van der Waals surface area contributed by atoms with Crippen LogP contribution in [0.1, 0.15) is 20.7 Å². The first-order valence-corrected chi connectivity index (χ1v) is 7.53. The lowest BCUT2D eigenvalue weighted by Gasteiger charge is -2.06. The molecule has 0 aliphatic carbocycles. The number of nitrogens with one attached hydrogen (secondary N) is 1. The number of benzene rings is 1. The van der Waals surface area contributed by atoms with Gasteiger partial charge in [-0.3, -0.25) is 4.79 Å². The molecule has 0 saturated heterocycles. The van der Waals surface area contributed by atoms with Crippen LogP contribution in [0.3, 0.4) is 0 Å². The Labute approximate surface area is 129 Å². The Balaban J connectivity index is 2.28. The van der Waals surface area contributed by atoms with Gasteiger partial charge in [0.1, 0.15) is 5.00 Å². The number of carboxylic acid groups (broad SMARTS) is 1. The minimum absolute atomic E-state index is 0.0875. The number of rotatable bonds is 3. The van der Waals surface area contributed by atoms with Gasteiger partial charge in [0.05, 0.1) is 11.1 Å². The van der Waals surface area contributed by atoms with Crippen molar-refractivity contribution < 1.29 is 14.7 Å². The molecule has 0 saturated carbocycles. The van der Waals surface area contributed by atoms with Crippen LogP contribution >= 0.6 is 43.2 Å². The largest absolute Gasteiger partial charge is 0.478 e. The van der Waals surface area contributed by atoms with Gasteiger partial charge < -0.3 is 10.4 Å². The highest BCUT2D eigenvalue weighted by molar-refractivity contribution is 9.11. The zero-order valence-electron chi connectivity index (χ0n) is 9.31. The standard InChI is InChI=1S/C12H7Br2NO3S/c13-6-1-2-9(14)8(5-6)10(16)15-11-7(12(17)18)3-4-19-11/h1-5H,(H,15,16)(H,17,18). The second-order valence-electron chi connectivity index (χ2n) is 3.55. The molecule has 19 heavy (non-hydrogen) atoms. The van der Waals surface area contributed by atoms with Gasteiger partial charge in [-0.1, -0.05) is 15.9 Å². The number of hydrogen-bond acceptors (Lipinski definition) is 3. The van der Waals surface area contributed by atoms with Crippen LogP contribution in [-0.4, -0.2) is 17.0 Å². The number of carbonyl (C=O) groups is 2. The molecule has 1 aromatic carbocycles. The van der Waals surface area contributed by atoms with Crippen LogP contribution < -0.4 is 5.32 Å². The van der Waals surface area contributed by atoms with Crippen molar-refractivity contribution >= 4 is 60.1 Å². The Kier molecular flexibility index (Phi) is 4.38. The molecule has 1 amide bonds. The normalized spacial score (nSPS) is 10.2. The summed E-state index contributed by atoms with van der Waals surface area (Å²) in [6.45, 7) is 0. The van der Waals surface area contributed by atoms with E-state index >= 15 is 0 Å². The first kappa shape index (κ1) is 14.2. The summed E-state index contributed by atoms with van der Waals surface area (Å²) in [6.07, 6.45) is 0. The Hall–Kier alpha value is -1.18. The zero-order valence-corrected chi connectivity index (χ0v) is 13.3. The lowest BCUT2D eigenvalue weighted by molar-refractivity contribution is 0.0698. The lowest BCUT2D eigenvalue weighted by Crippen LogP contribution is -2.13. The van der Waals surface area contributed by atoms with Gasteiger partial charge in [0, 0.05) is 8.95 Å². The monoisotopic (exact) mass is 403 g/mol. The number of amides is 1. The van der Waals surface area contributed by atoms with Crippen molar-refractivity contribution in [3.8, 4) is 0 Å². The van der Waals surface area contributed by atoms with E-state index in [0.717, 1.165) is 4.47 Å². The second-order valence-corrected chi connectivity index (χ2v) is 6.23. The van der Waals surface area contributed by atoms with Crippen LogP contribution in [-0.2, 0) is 0 Å². The van der Waals surface area contributed by atoms with Gasteiger partial charge in [0.2, 0.25) is 0 Å². The van der Waals surface area contributed by atoms with Gasteiger partial charge in [-0.2, -0.15) is 0 Å². The summed E-state index contributed by atoms with van der Waals surface area (Å²) in [5.74, 6) is -1.43. The molecule has 4 nitrogen and oxygen atoms in total. The maximum atomic E-state index is 12.1. The molecule has 1 aromatic heterocycles. The third-order valence-electron chi connectivity index (χ3n) is 2.30. The van der Waals surface area contributed by atoms with E-state index in [2.05, 4.69) is 37.2 Å². The smallest absolute Gasteiger partial charge is 0.338 e. The molecule has 2 N–H and O–H groups in total. The van der Waals surface area contributed by atoms with Crippen LogP contribution in [0.15, 0.2) is 38.6 Å². The topological polar surface area (TPSA) is 66.4 Å². The number of carboxylic acids is 1. The van der Waals surface area contributed by atoms with Crippen molar-refractivity contribution in [2.45, 2.75) is 0 Å². The predicted octanol–water partition coefficient (Wildman–Crippen LogP) is 4.22. The van der Waals surface area contributed by atoms with Crippen LogP contribution in [0.2, 0.25) is 0 Å². The van der Waals surface area contributed by atoms with Crippen molar-refractivity contribution in [3.63, 3.8) is 0 Å². The predicted molar refractivity (Wildman–Crippen MR) is 81.1 cm³/mol. The summed E-state index contributed by atoms with van der Waals surface area (Å²) >= 11 is 7.75. The molecular formula is C12H7Br2NO3S. The fourth-order valence-corrected chi connectivity index (χ4v) is 2.98. The summed E-state index contributed by atoms with van der Waals surface area (Å²) in [5, 5.41) is 13.5. The summed E-state index contributed by atoms with van der Waals surface area (Å²) in [6, 6.07) is 6.66. The van der Waals surface area contributed by atoms with Gasteiger partial charge in [-0.15, -0.1) is 11.3 Å². The maximum Gasteiger partial charge on any atom is 0.338 e. The molecule has 0 unspecified atom stereocenters. The van der Waals surface area contributed by atoms with Crippen molar-refractivity contribution in [2.24, 2.45) is 0 Å². The number of anilines is 1. The molecule has 2 rings (SSSR count). The van der Waals surface area contributed by atoms with Gasteiger partial charge >= 0.3 is 5.97 Å². The van der Waals surface area contributed by atoms with Gasteiger partial charge in [-0.25, -0.2) is 4.79 Å². The Bertz CT molecular complexity index is 654. The first-order valence-electron chi connectivity index (χ1n) is 5.06. The Morgan fingerprint density at radius 3 is 2.58 bits per heavy atom. The van der Waals surface area contributed by atoms with Crippen molar-refractivity contribution in [1.82, 2.24) is 0 Å². The number of halogens is 2. The summed E-state index contributed by atoms with van der Waals surface area (Å²) in [5.41, 5.74) is 0.517. The average molecular weight is 405 g/mol. The van der Waals surface area contributed by atoms with E-state index in [1.54, 1.807) is 23.6 Å². The lowest BCUT2D eigenvalue weighted by atomic mass is 10.2. The van der Waals surface area contributed by atoms with E-state index in [4.69, 9.17) is 5.11 Å². The van der Waals surface area contributed by atoms with Crippen molar-refractivity contribution in [1.29, 1.82) is 0 Å². The number of carbonyl (C=O) groups excluding carboxylic acids is 1. The number of thiophene rings is 1. The molecule has 2 aromatic rings. The molecule has 98 valence electrons. The second kappa shape index (κ2) is 5.85. The molecule has 0 spiro atoms. The first-order chi connectivity index (χ1) is 8.99. The number of aromatic carboxylic acids is 1. The molecule has 0 atom stereocenters. The van der Waals surface area contributed by atoms with E-state index in [1.165, 1.54) is 17.4 Å². The Morgan fingerprint density at radius 1 is 1.16 bits per heavy atom. The highest BCUT2D eigenvalue weighted by atomic mass is 79.9. The van der Waals surface area contributed by atoms with Crippen molar-refractivity contribution in [3.05, 3.63) is 49.7 Å².